The molecule has 0 aromatic rings. The molecule has 2 unspecified atom stereocenters. The van der Waals surface area contributed by atoms with Crippen molar-refractivity contribution in [1.82, 2.24) is 4.90 Å². The molecule has 1 amide bonds. The van der Waals surface area contributed by atoms with Crippen molar-refractivity contribution in [3.05, 3.63) is 0 Å². The van der Waals surface area contributed by atoms with Crippen LogP contribution >= 0.6 is 0 Å². The molecular formula is C12H23NO3. The van der Waals surface area contributed by atoms with Gasteiger partial charge >= 0.3 is 0 Å². The molecule has 4 nitrogen and oxygen atoms in total. The Morgan fingerprint density at radius 2 is 2.12 bits per heavy atom. The molecule has 1 fully saturated rings. The minimum absolute atomic E-state index is 0.00266. The van der Waals surface area contributed by atoms with Crippen molar-refractivity contribution in [3.63, 3.8) is 0 Å². The first-order valence-corrected chi connectivity index (χ1v) is 6.18. The van der Waals surface area contributed by atoms with Crippen LogP contribution in [0.1, 0.15) is 39.0 Å². The van der Waals surface area contributed by atoms with Gasteiger partial charge in [-0.15, -0.1) is 0 Å². The molecule has 1 saturated carbocycles. The minimum Gasteiger partial charge on any atom is -0.391 e. The number of rotatable bonds is 5. The van der Waals surface area contributed by atoms with Gasteiger partial charge in [-0.3, -0.25) is 4.79 Å². The molecule has 0 aromatic heterocycles. The molecule has 0 saturated heterocycles. The predicted molar refractivity (Wildman–Crippen MR) is 62.1 cm³/mol. The van der Waals surface area contributed by atoms with E-state index in [1.165, 1.54) is 0 Å². The molecule has 0 bridgehead atoms. The van der Waals surface area contributed by atoms with Gasteiger partial charge in [0.05, 0.1) is 25.2 Å². The van der Waals surface area contributed by atoms with Crippen molar-refractivity contribution in [2.75, 3.05) is 20.3 Å². The topological polar surface area (TPSA) is 49.8 Å². The Hall–Kier alpha value is -0.610. The number of nitrogens with zero attached hydrogens (tertiary/aromatic N) is 1. The first-order valence-electron chi connectivity index (χ1n) is 6.18. The zero-order valence-corrected chi connectivity index (χ0v) is 10.3. The average molecular weight is 229 g/mol. The van der Waals surface area contributed by atoms with Crippen molar-refractivity contribution in [2.45, 2.75) is 51.2 Å². The highest BCUT2D eigenvalue weighted by Gasteiger charge is 2.28. The van der Waals surface area contributed by atoms with Crippen LogP contribution in [0.3, 0.4) is 0 Å². The Labute approximate surface area is 97.6 Å². The quantitative estimate of drug-likeness (QED) is 0.720. The summed E-state index contributed by atoms with van der Waals surface area (Å²) in [6, 6.07) is 0.00266. The Morgan fingerprint density at radius 1 is 1.44 bits per heavy atom. The highest BCUT2D eigenvalue weighted by Crippen LogP contribution is 2.22. The molecule has 1 aliphatic rings. The van der Waals surface area contributed by atoms with Gasteiger partial charge in [0.2, 0.25) is 5.91 Å². The van der Waals surface area contributed by atoms with E-state index in [4.69, 9.17) is 4.74 Å². The zero-order chi connectivity index (χ0) is 12.0. The van der Waals surface area contributed by atoms with Gasteiger partial charge in [-0.25, -0.2) is 0 Å². The highest BCUT2D eigenvalue weighted by atomic mass is 16.5. The van der Waals surface area contributed by atoms with Crippen LogP contribution in [0.4, 0.5) is 0 Å². The lowest BCUT2D eigenvalue weighted by Crippen LogP contribution is -2.46. The fourth-order valence-corrected chi connectivity index (χ4v) is 2.21. The molecule has 0 aromatic carbocycles. The van der Waals surface area contributed by atoms with E-state index in [-0.39, 0.29) is 18.1 Å². The first kappa shape index (κ1) is 13.5. The second kappa shape index (κ2) is 6.86. The molecule has 94 valence electrons. The number of carbonyl (C=O) groups excluding carboxylic acids is 1. The van der Waals surface area contributed by atoms with Gasteiger partial charge in [-0.05, 0) is 19.8 Å². The second-order valence-corrected chi connectivity index (χ2v) is 4.37. The average Bonchev–Trinajstić information content (AvgIpc) is 2.29. The zero-order valence-electron chi connectivity index (χ0n) is 10.3. The van der Waals surface area contributed by atoms with Crippen LogP contribution < -0.4 is 0 Å². The summed E-state index contributed by atoms with van der Waals surface area (Å²) in [7, 11) is 1.79. The monoisotopic (exact) mass is 229 g/mol. The summed E-state index contributed by atoms with van der Waals surface area (Å²) < 4.78 is 5.16. The summed E-state index contributed by atoms with van der Waals surface area (Å²) in [5.74, 6) is 0.0689. The number of likely N-dealkylation sites (N-methyl/N-ethyl adjacent to an activating group) is 1. The Kier molecular flexibility index (Phi) is 5.77. The third-order valence-corrected chi connectivity index (χ3v) is 3.25. The van der Waals surface area contributed by atoms with Crippen molar-refractivity contribution < 1.29 is 14.6 Å². The lowest BCUT2D eigenvalue weighted by atomic mass is 9.91. The third kappa shape index (κ3) is 3.76. The van der Waals surface area contributed by atoms with E-state index >= 15 is 0 Å². The molecule has 2 atom stereocenters. The molecule has 0 spiro atoms. The Morgan fingerprint density at radius 3 is 2.75 bits per heavy atom. The van der Waals surface area contributed by atoms with Crippen molar-refractivity contribution >= 4 is 5.91 Å². The molecular weight excluding hydrogens is 206 g/mol. The standard InChI is InChI=1S/C12H23NO3/c1-3-16-9-8-12(15)13(2)10-6-4-5-7-11(10)14/h10-11,14H,3-9H2,1-2H3. The first-order chi connectivity index (χ1) is 7.66. The smallest absolute Gasteiger partial charge is 0.224 e. The van der Waals surface area contributed by atoms with Crippen molar-refractivity contribution in [1.29, 1.82) is 0 Å². The third-order valence-electron chi connectivity index (χ3n) is 3.25. The van der Waals surface area contributed by atoms with Gasteiger partial charge in [0.1, 0.15) is 0 Å². The molecule has 1 aliphatic carbocycles. The van der Waals surface area contributed by atoms with E-state index in [1.807, 2.05) is 6.92 Å². The van der Waals surface area contributed by atoms with E-state index in [2.05, 4.69) is 0 Å². The minimum atomic E-state index is -0.352. The number of hydrogen-bond donors (Lipinski definition) is 1. The number of hydrogen-bond acceptors (Lipinski definition) is 3. The van der Waals surface area contributed by atoms with Gasteiger partial charge in [-0.2, -0.15) is 0 Å². The van der Waals surface area contributed by atoms with Crippen LogP contribution in [0.15, 0.2) is 0 Å². The summed E-state index contributed by atoms with van der Waals surface area (Å²) in [5.41, 5.74) is 0. The van der Waals surface area contributed by atoms with Crippen LogP contribution in [-0.4, -0.2) is 48.3 Å². The molecule has 0 radical (unpaired) electrons. The fourth-order valence-electron chi connectivity index (χ4n) is 2.21. The van der Waals surface area contributed by atoms with E-state index in [1.54, 1.807) is 11.9 Å². The van der Waals surface area contributed by atoms with Gasteiger partial charge < -0.3 is 14.7 Å². The van der Waals surface area contributed by atoms with Crippen LogP contribution in [0, 0.1) is 0 Å². The highest BCUT2D eigenvalue weighted by molar-refractivity contribution is 5.76. The van der Waals surface area contributed by atoms with Gasteiger partial charge in [0.25, 0.3) is 0 Å². The Balaban J connectivity index is 2.36. The number of amides is 1. The summed E-state index contributed by atoms with van der Waals surface area (Å²) >= 11 is 0. The maximum atomic E-state index is 11.8. The second-order valence-electron chi connectivity index (χ2n) is 4.37. The maximum absolute atomic E-state index is 11.8. The van der Waals surface area contributed by atoms with Crippen LogP contribution in [0.5, 0.6) is 0 Å². The molecule has 1 N–H and O–H groups in total. The number of ether oxygens (including phenoxy) is 1. The summed E-state index contributed by atoms with van der Waals surface area (Å²) in [5, 5.41) is 9.83. The molecule has 1 rings (SSSR count). The molecule has 16 heavy (non-hydrogen) atoms. The van der Waals surface area contributed by atoms with Crippen LogP contribution in [0.2, 0.25) is 0 Å². The molecule has 0 aliphatic heterocycles. The molecule has 0 heterocycles. The lowest BCUT2D eigenvalue weighted by Gasteiger charge is -2.35. The van der Waals surface area contributed by atoms with E-state index < -0.39 is 0 Å². The van der Waals surface area contributed by atoms with Gasteiger partial charge in [-0.1, -0.05) is 12.8 Å². The van der Waals surface area contributed by atoms with Crippen LogP contribution in [0.25, 0.3) is 0 Å². The molecule has 4 heteroatoms. The van der Waals surface area contributed by atoms with E-state index in [0.717, 1.165) is 25.7 Å². The number of aliphatic hydroxyl groups is 1. The summed E-state index contributed by atoms with van der Waals surface area (Å²) in [4.78, 5) is 13.5. The summed E-state index contributed by atoms with van der Waals surface area (Å²) in [6.45, 7) is 3.03. The van der Waals surface area contributed by atoms with Crippen molar-refractivity contribution in [3.8, 4) is 0 Å². The Bertz CT molecular complexity index is 220. The predicted octanol–water partition coefficient (Wildman–Crippen LogP) is 1.17. The van der Waals surface area contributed by atoms with Gasteiger partial charge in [0, 0.05) is 13.7 Å². The largest absolute Gasteiger partial charge is 0.391 e. The van der Waals surface area contributed by atoms with E-state index in [0.29, 0.717) is 19.6 Å². The summed E-state index contributed by atoms with van der Waals surface area (Å²) in [6.07, 6.45) is 3.96. The SMILES string of the molecule is CCOCCC(=O)N(C)C1CCCCC1O. The van der Waals surface area contributed by atoms with Crippen LogP contribution in [-0.2, 0) is 9.53 Å². The number of carbonyl (C=O) groups is 1. The lowest BCUT2D eigenvalue weighted by molar-refractivity contribution is -0.136. The van der Waals surface area contributed by atoms with Crippen molar-refractivity contribution in [2.24, 2.45) is 0 Å². The van der Waals surface area contributed by atoms with Gasteiger partial charge in [0.15, 0.2) is 0 Å². The van der Waals surface area contributed by atoms with E-state index in [9.17, 15) is 9.90 Å². The number of aliphatic hydroxyl groups excluding tert-OH is 1. The fraction of sp³-hybridized carbons (Fsp3) is 0.917. The normalized spacial score (nSPS) is 25.4. The maximum Gasteiger partial charge on any atom is 0.224 e.